The number of nitrogens with zero attached hydrogens (tertiary/aromatic N) is 4. The van der Waals surface area contributed by atoms with E-state index >= 15 is 0 Å². The summed E-state index contributed by atoms with van der Waals surface area (Å²) >= 11 is 0. The molecule has 0 aromatic heterocycles. The number of hydrogen-bond acceptors (Lipinski definition) is 11. The van der Waals surface area contributed by atoms with Gasteiger partial charge in [0.05, 0.1) is 25.9 Å². The number of hydrogen-bond donors (Lipinski definition) is 1. The molecule has 0 aromatic rings. The van der Waals surface area contributed by atoms with Gasteiger partial charge in [0.2, 0.25) is 0 Å². The highest BCUT2D eigenvalue weighted by molar-refractivity contribution is 5.93. The number of ether oxygens (including phenoxy) is 4. The SMILES string of the molecule is N#C/C(=C\C=C\N1CCOCC1)C(=O)OCCOCCCCCC(O)COC(=O)/C(C#N)=C/C=C/N1CCCCC1. The van der Waals surface area contributed by atoms with Crippen LogP contribution in [0.15, 0.2) is 47.9 Å². The second-order valence-corrected chi connectivity index (χ2v) is 9.66. The molecule has 2 aliphatic heterocycles. The number of unbranched alkanes of at least 4 members (excludes halogenated alkanes) is 2. The third-order valence-electron chi connectivity index (χ3n) is 6.43. The molecule has 0 spiro atoms. The van der Waals surface area contributed by atoms with Crippen molar-refractivity contribution in [3.8, 4) is 12.1 Å². The number of likely N-dealkylation sites (tertiary alicyclic amines) is 1. The molecule has 2 saturated heterocycles. The van der Waals surface area contributed by atoms with Crippen LogP contribution in [0.1, 0.15) is 44.9 Å². The lowest BCUT2D eigenvalue weighted by molar-refractivity contribution is -0.142. The maximum atomic E-state index is 12.1. The maximum Gasteiger partial charge on any atom is 0.348 e. The molecule has 41 heavy (non-hydrogen) atoms. The third kappa shape index (κ3) is 15.1. The first kappa shape index (κ1) is 33.6. The summed E-state index contributed by atoms with van der Waals surface area (Å²) in [5, 5.41) is 28.5. The zero-order chi connectivity index (χ0) is 29.5. The van der Waals surface area contributed by atoms with Crippen LogP contribution in [0, 0.1) is 22.7 Å². The molecule has 1 atom stereocenters. The first-order valence-electron chi connectivity index (χ1n) is 14.3. The summed E-state index contributed by atoms with van der Waals surface area (Å²) < 4.78 is 20.9. The van der Waals surface area contributed by atoms with Gasteiger partial charge in [0, 0.05) is 32.8 Å². The lowest BCUT2D eigenvalue weighted by atomic mass is 10.1. The van der Waals surface area contributed by atoms with Gasteiger partial charge in [-0.1, -0.05) is 12.8 Å². The topological polar surface area (TPSA) is 145 Å². The summed E-state index contributed by atoms with van der Waals surface area (Å²) in [5.41, 5.74) is -0.183. The van der Waals surface area contributed by atoms with Gasteiger partial charge in [0.1, 0.15) is 36.5 Å². The highest BCUT2D eigenvalue weighted by Gasteiger charge is 2.13. The molecule has 0 radical (unpaired) electrons. The first-order valence-corrected chi connectivity index (χ1v) is 14.3. The lowest BCUT2D eigenvalue weighted by Gasteiger charge is -2.24. The average Bonchev–Trinajstić information content (AvgIpc) is 3.00. The predicted octanol–water partition coefficient (Wildman–Crippen LogP) is 2.76. The van der Waals surface area contributed by atoms with Crippen molar-refractivity contribution in [2.75, 3.05) is 65.8 Å². The molecule has 0 aliphatic carbocycles. The fraction of sp³-hybridized carbons (Fsp3) is 0.600. The van der Waals surface area contributed by atoms with Crippen LogP contribution in [0.2, 0.25) is 0 Å². The van der Waals surface area contributed by atoms with Crippen LogP contribution >= 0.6 is 0 Å². The van der Waals surface area contributed by atoms with E-state index in [9.17, 15) is 25.2 Å². The van der Waals surface area contributed by atoms with E-state index in [1.807, 2.05) is 29.4 Å². The fourth-order valence-electron chi connectivity index (χ4n) is 4.08. The van der Waals surface area contributed by atoms with Crippen LogP contribution in [0.5, 0.6) is 0 Å². The number of esters is 2. The Balaban J connectivity index is 1.49. The molecule has 0 saturated carbocycles. The van der Waals surface area contributed by atoms with E-state index in [0.717, 1.165) is 51.9 Å². The number of aliphatic hydroxyl groups excluding tert-OH is 1. The molecule has 2 aliphatic rings. The second-order valence-electron chi connectivity index (χ2n) is 9.66. The van der Waals surface area contributed by atoms with Crippen LogP contribution in [0.3, 0.4) is 0 Å². The second kappa shape index (κ2) is 21.2. The van der Waals surface area contributed by atoms with Crippen molar-refractivity contribution in [1.82, 2.24) is 9.80 Å². The van der Waals surface area contributed by atoms with Gasteiger partial charge < -0.3 is 33.9 Å². The van der Waals surface area contributed by atoms with Crippen LogP contribution in [0.25, 0.3) is 0 Å². The number of aliphatic hydroxyl groups is 1. The number of carbonyl (C=O) groups excluding carboxylic acids is 2. The predicted molar refractivity (Wildman–Crippen MR) is 151 cm³/mol. The molecule has 1 unspecified atom stereocenters. The minimum Gasteiger partial charge on any atom is -0.459 e. The molecule has 2 rings (SSSR count). The van der Waals surface area contributed by atoms with E-state index in [-0.39, 0.29) is 31.0 Å². The molecule has 0 amide bonds. The van der Waals surface area contributed by atoms with E-state index < -0.39 is 18.0 Å². The van der Waals surface area contributed by atoms with E-state index in [1.165, 1.54) is 18.6 Å². The molecule has 2 fully saturated rings. The van der Waals surface area contributed by atoms with Crippen molar-refractivity contribution in [2.24, 2.45) is 0 Å². The largest absolute Gasteiger partial charge is 0.459 e. The van der Waals surface area contributed by atoms with Crippen LogP contribution < -0.4 is 0 Å². The zero-order valence-electron chi connectivity index (χ0n) is 23.7. The van der Waals surface area contributed by atoms with Gasteiger partial charge in [-0.2, -0.15) is 10.5 Å². The van der Waals surface area contributed by atoms with Crippen molar-refractivity contribution in [2.45, 2.75) is 51.0 Å². The third-order valence-corrected chi connectivity index (χ3v) is 6.43. The lowest BCUT2D eigenvalue weighted by Crippen LogP contribution is -2.31. The molecule has 0 aromatic carbocycles. The number of rotatable bonds is 17. The number of piperidine rings is 1. The summed E-state index contributed by atoms with van der Waals surface area (Å²) in [6.07, 6.45) is 15.3. The van der Waals surface area contributed by atoms with Crippen LogP contribution in [-0.4, -0.2) is 98.8 Å². The normalized spacial score (nSPS) is 17.3. The van der Waals surface area contributed by atoms with Gasteiger partial charge in [-0.05, 0) is 68.8 Å². The summed E-state index contributed by atoms with van der Waals surface area (Å²) in [6.45, 7) is 5.35. The minimum absolute atomic E-state index is 0.0439. The van der Waals surface area contributed by atoms with Gasteiger partial charge in [0.25, 0.3) is 0 Å². The van der Waals surface area contributed by atoms with E-state index in [1.54, 1.807) is 12.2 Å². The average molecular weight is 571 g/mol. The molecule has 0 bridgehead atoms. The zero-order valence-corrected chi connectivity index (χ0v) is 23.7. The maximum absolute atomic E-state index is 12.1. The number of nitriles is 2. The Morgan fingerprint density at radius 2 is 1.41 bits per heavy atom. The number of carbonyl (C=O) groups is 2. The van der Waals surface area contributed by atoms with Crippen molar-refractivity contribution in [3.63, 3.8) is 0 Å². The monoisotopic (exact) mass is 570 g/mol. The van der Waals surface area contributed by atoms with E-state index in [2.05, 4.69) is 4.90 Å². The summed E-state index contributed by atoms with van der Waals surface area (Å²) in [5.74, 6) is -1.44. The van der Waals surface area contributed by atoms with E-state index in [4.69, 9.17) is 18.9 Å². The molecule has 11 heteroatoms. The van der Waals surface area contributed by atoms with Gasteiger partial charge in [-0.25, -0.2) is 9.59 Å². The summed E-state index contributed by atoms with van der Waals surface area (Å²) in [6, 6.07) is 3.70. The Morgan fingerprint density at radius 3 is 2.05 bits per heavy atom. The Morgan fingerprint density at radius 1 is 0.805 bits per heavy atom. The highest BCUT2D eigenvalue weighted by Crippen LogP contribution is 2.10. The fourth-order valence-corrected chi connectivity index (χ4v) is 4.08. The van der Waals surface area contributed by atoms with Crippen LogP contribution in [0.4, 0.5) is 0 Å². The Kier molecular flexibility index (Phi) is 17.3. The molecule has 1 N–H and O–H groups in total. The van der Waals surface area contributed by atoms with E-state index in [0.29, 0.717) is 32.7 Å². The Hall–Kier alpha value is -3.64. The van der Waals surface area contributed by atoms with Crippen molar-refractivity contribution < 1.29 is 33.6 Å². The molecule has 2 heterocycles. The summed E-state index contributed by atoms with van der Waals surface area (Å²) in [7, 11) is 0. The summed E-state index contributed by atoms with van der Waals surface area (Å²) in [4.78, 5) is 28.4. The Labute approximate surface area is 242 Å². The molecular formula is C30H42N4O7. The Bertz CT molecular complexity index is 997. The quantitative estimate of drug-likeness (QED) is 0.0906. The van der Waals surface area contributed by atoms with Crippen LogP contribution in [-0.2, 0) is 28.5 Å². The smallest absolute Gasteiger partial charge is 0.348 e. The number of allylic oxidation sites excluding steroid dienone is 4. The molecule has 224 valence electrons. The number of morpholine rings is 1. The molecule has 11 nitrogen and oxygen atoms in total. The standard InChI is InChI=1S/C30H42N4O7/c31-23-26(9-8-15-34-16-19-39-20-17-34)29(36)40-22-21-38-18-6-1-3-11-28(35)25-41-30(37)27(24-32)10-7-14-33-12-4-2-5-13-33/h7-10,14-15,28,35H,1-6,11-13,16-22,25H2/b14-7+,15-8+,26-9+,27-10+. The van der Waals surface area contributed by atoms with Crippen molar-refractivity contribution in [1.29, 1.82) is 10.5 Å². The highest BCUT2D eigenvalue weighted by atomic mass is 16.6. The first-order chi connectivity index (χ1) is 20.0. The van der Waals surface area contributed by atoms with Crippen molar-refractivity contribution >= 4 is 11.9 Å². The van der Waals surface area contributed by atoms with Gasteiger partial charge in [0.15, 0.2) is 0 Å². The minimum atomic E-state index is -0.811. The van der Waals surface area contributed by atoms with Gasteiger partial charge >= 0.3 is 11.9 Å². The molecular weight excluding hydrogens is 528 g/mol. The van der Waals surface area contributed by atoms with Gasteiger partial charge in [-0.15, -0.1) is 0 Å². The van der Waals surface area contributed by atoms with Crippen molar-refractivity contribution in [3.05, 3.63) is 47.9 Å². The van der Waals surface area contributed by atoms with Gasteiger partial charge in [-0.3, -0.25) is 0 Å².